The first-order valence-electron chi connectivity index (χ1n) is 7.51. The Morgan fingerprint density at radius 2 is 1.82 bits per heavy atom. The van der Waals surface area contributed by atoms with E-state index in [1.165, 1.54) is 16.7 Å². The molecule has 0 N–H and O–H groups in total. The highest BCUT2D eigenvalue weighted by Gasteiger charge is 2.11. The summed E-state index contributed by atoms with van der Waals surface area (Å²) in [6.45, 7) is 4.73. The maximum Gasteiger partial charge on any atom is 0.222 e. The molecule has 2 aromatic rings. The second-order valence-corrected chi connectivity index (χ2v) is 6.18. The van der Waals surface area contributed by atoms with Crippen molar-refractivity contribution in [1.82, 2.24) is 4.90 Å². The van der Waals surface area contributed by atoms with Crippen LogP contribution in [0.2, 0.25) is 5.02 Å². The second kappa shape index (κ2) is 7.46. The highest BCUT2D eigenvalue weighted by molar-refractivity contribution is 6.31. The SMILES string of the molecule is Cc1ccc(CCC(=O)N(C)Cc2ccccc2Cl)c(C)c1. The standard InChI is InChI=1S/C19H22ClNO/c1-14-8-9-16(15(2)12-14)10-11-19(22)21(3)13-17-6-4-5-7-18(17)20/h4-9,12H,10-11,13H2,1-3H3. The van der Waals surface area contributed by atoms with Gasteiger partial charge in [-0.1, -0.05) is 53.6 Å². The minimum atomic E-state index is 0.139. The number of nitrogens with zero attached hydrogens (tertiary/aromatic N) is 1. The van der Waals surface area contributed by atoms with Gasteiger partial charge in [0.05, 0.1) is 0 Å². The van der Waals surface area contributed by atoms with Gasteiger partial charge in [0.1, 0.15) is 0 Å². The van der Waals surface area contributed by atoms with E-state index in [2.05, 4.69) is 32.0 Å². The Bertz CT molecular complexity index is 666. The second-order valence-electron chi connectivity index (χ2n) is 5.77. The van der Waals surface area contributed by atoms with Crippen LogP contribution in [-0.2, 0) is 17.8 Å². The molecule has 1 amide bonds. The van der Waals surface area contributed by atoms with Gasteiger partial charge in [0, 0.05) is 25.0 Å². The van der Waals surface area contributed by atoms with Crippen molar-refractivity contribution in [2.45, 2.75) is 33.2 Å². The zero-order valence-corrected chi connectivity index (χ0v) is 14.2. The Hall–Kier alpha value is -1.80. The zero-order valence-electron chi connectivity index (χ0n) is 13.4. The van der Waals surface area contributed by atoms with Gasteiger partial charge in [-0.15, -0.1) is 0 Å². The monoisotopic (exact) mass is 315 g/mol. The van der Waals surface area contributed by atoms with E-state index in [1.54, 1.807) is 4.90 Å². The van der Waals surface area contributed by atoms with Crippen molar-refractivity contribution in [1.29, 1.82) is 0 Å². The molecule has 0 unspecified atom stereocenters. The third-order valence-electron chi connectivity index (χ3n) is 3.90. The van der Waals surface area contributed by atoms with Crippen LogP contribution in [0.3, 0.4) is 0 Å². The summed E-state index contributed by atoms with van der Waals surface area (Å²) in [5, 5.41) is 0.705. The summed E-state index contributed by atoms with van der Waals surface area (Å²) in [6.07, 6.45) is 1.29. The normalized spacial score (nSPS) is 10.5. The molecule has 0 aromatic heterocycles. The van der Waals surface area contributed by atoms with Gasteiger partial charge in [0.25, 0.3) is 0 Å². The van der Waals surface area contributed by atoms with Gasteiger partial charge in [0.15, 0.2) is 0 Å². The van der Waals surface area contributed by atoms with Crippen LogP contribution in [0.25, 0.3) is 0 Å². The van der Waals surface area contributed by atoms with Crippen molar-refractivity contribution in [3.8, 4) is 0 Å². The molecular formula is C19H22ClNO. The van der Waals surface area contributed by atoms with Gasteiger partial charge in [-0.05, 0) is 43.0 Å². The van der Waals surface area contributed by atoms with Crippen LogP contribution in [0, 0.1) is 13.8 Å². The molecule has 0 aliphatic rings. The largest absolute Gasteiger partial charge is 0.341 e. The molecule has 0 saturated carbocycles. The van der Waals surface area contributed by atoms with E-state index >= 15 is 0 Å². The van der Waals surface area contributed by atoms with Crippen LogP contribution in [0.4, 0.5) is 0 Å². The first-order valence-corrected chi connectivity index (χ1v) is 7.88. The van der Waals surface area contributed by atoms with Crippen molar-refractivity contribution < 1.29 is 4.79 Å². The number of amides is 1. The van der Waals surface area contributed by atoms with Crippen LogP contribution in [0.5, 0.6) is 0 Å². The van der Waals surface area contributed by atoms with Crippen molar-refractivity contribution in [3.63, 3.8) is 0 Å². The van der Waals surface area contributed by atoms with Crippen molar-refractivity contribution in [2.75, 3.05) is 7.05 Å². The number of aryl methyl sites for hydroxylation is 3. The van der Waals surface area contributed by atoms with Gasteiger partial charge in [-0.2, -0.15) is 0 Å². The number of halogens is 1. The molecule has 0 heterocycles. The molecule has 0 aliphatic carbocycles. The summed E-state index contributed by atoms with van der Waals surface area (Å²) in [4.78, 5) is 14.0. The van der Waals surface area contributed by atoms with Crippen molar-refractivity contribution >= 4 is 17.5 Å². The summed E-state index contributed by atoms with van der Waals surface area (Å²) in [6, 6.07) is 14.0. The molecule has 0 spiro atoms. The quantitative estimate of drug-likeness (QED) is 0.792. The zero-order chi connectivity index (χ0) is 16.1. The molecular weight excluding hydrogens is 294 g/mol. The van der Waals surface area contributed by atoms with E-state index in [9.17, 15) is 4.79 Å². The van der Waals surface area contributed by atoms with E-state index in [0.717, 1.165) is 12.0 Å². The molecule has 0 fully saturated rings. The van der Waals surface area contributed by atoms with Gasteiger partial charge in [-0.3, -0.25) is 4.79 Å². The number of hydrogen-bond donors (Lipinski definition) is 0. The molecule has 0 radical (unpaired) electrons. The lowest BCUT2D eigenvalue weighted by Gasteiger charge is -2.18. The van der Waals surface area contributed by atoms with Gasteiger partial charge < -0.3 is 4.90 Å². The predicted molar refractivity (Wildman–Crippen MR) is 92.2 cm³/mol. The van der Waals surface area contributed by atoms with Crippen molar-refractivity contribution in [2.24, 2.45) is 0 Å². The molecule has 0 aliphatic heterocycles. The van der Waals surface area contributed by atoms with E-state index < -0.39 is 0 Å². The molecule has 116 valence electrons. The molecule has 0 bridgehead atoms. The van der Waals surface area contributed by atoms with E-state index in [0.29, 0.717) is 18.0 Å². The van der Waals surface area contributed by atoms with Gasteiger partial charge in [-0.25, -0.2) is 0 Å². The highest BCUT2D eigenvalue weighted by Crippen LogP contribution is 2.17. The topological polar surface area (TPSA) is 20.3 Å². The third-order valence-corrected chi connectivity index (χ3v) is 4.27. The Morgan fingerprint density at radius 1 is 1.09 bits per heavy atom. The maximum atomic E-state index is 12.3. The lowest BCUT2D eigenvalue weighted by Crippen LogP contribution is -2.26. The average molecular weight is 316 g/mol. The Balaban J connectivity index is 1.93. The molecule has 3 heteroatoms. The number of carbonyl (C=O) groups excluding carboxylic acids is 1. The minimum absolute atomic E-state index is 0.139. The van der Waals surface area contributed by atoms with Crippen LogP contribution in [-0.4, -0.2) is 17.9 Å². The molecule has 0 saturated heterocycles. The molecule has 22 heavy (non-hydrogen) atoms. The summed E-state index contributed by atoms with van der Waals surface area (Å²) in [5.41, 5.74) is 4.72. The Labute approximate surface area is 137 Å². The summed E-state index contributed by atoms with van der Waals surface area (Å²) in [7, 11) is 1.83. The smallest absolute Gasteiger partial charge is 0.222 e. The molecule has 2 nitrogen and oxygen atoms in total. The maximum absolute atomic E-state index is 12.3. The molecule has 0 atom stereocenters. The molecule has 2 aromatic carbocycles. The Morgan fingerprint density at radius 3 is 2.50 bits per heavy atom. The molecule has 2 rings (SSSR count). The highest BCUT2D eigenvalue weighted by atomic mass is 35.5. The minimum Gasteiger partial charge on any atom is -0.341 e. The number of benzene rings is 2. The average Bonchev–Trinajstić information content (AvgIpc) is 2.48. The lowest BCUT2D eigenvalue weighted by atomic mass is 10.0. The van der Waals surface area contributed by atoms with E-state index in [1.807, 2.05) is 31.3 Å². The van der Waals surface area contributed by atoms with Crippen LogP contribution in [0.1, 0.15) is 28.7 Å². The summed E-state index contributed by atoms with van der Waals surface area (Å²) in [5.74, 6) is 0.139. The van der Waals surface area contributed by atoms with Crippen LogP contribution < -0.4 is 0 Å². The lowest BCUT2D eigenvalue weighted by molar-refractivity contribution is -0.130. The van der Waals surface area contributed by atoms with Crippen LogP contribution >= 0.6 is 11.6 Å². The van der Waals surface area contributed by atoms with E-state index in [4.69, 9.17) is 11.6 Å². The summed E-state index contributed by atoms with van der Waals surface area (Å²) >= 11 is 6.14. The van der Waals surface area contributed by atoms with Gasteiger partial charge in [0.2, 0.25) is 5.91 Å². The predicted octanol–water partition coefficient (Wildman–Crippen LogP) is 4.55. The summed E-state index contributed by atoms with van der Waals surface area (Å²) < 4.78 is 0. The number of hydrogen-bond acceptors (Lipinski definition) is 1. The number of carbonyl (C=O) groups is 1. The first-order chi connectivity index (χ1) is 10.5. The fourth-order valence-corrected chi connectivity index (χ4v) is 2.72. The fraction of sp³-hybridized carbons (Fsp3) is 0.316. The van der Waals surface area contributed by atoms with Gasteiger partial charge >= 0.3 is 0 Å². The van der Waals surface area contributed by atoms with Crippen LogP contribution in [0.15, 0.2) is 42.5 Å². The van der Waals surface area contributed by atoms with E-state index in [-0.39, 0.29) is 5.91 Å². The van der Waals surface area contributed by atoms with Crippen molar-refractivity contribution in [3.05, 3.63) is 69.7 Å². The fourth-order valence-electron chi connectivity index (χ4n) is 2.53. The Kier molecular flexibility index (Phi) is 5.62. The third kappa shape index (κ3) is 4.35. The first kappa shape index (κ1) is 16.6. The number of rotatable bonds is 5.